The summed E-state index contributed by atoms with van der Waals surface area (Å²) < 4.78 is 5.17. The fourth-order valence-electron chi connectivity index (χ4n) is 2.52. The standard InChI is InChI=1S/C16H19N3O4/c1-8-6-14(20)23-13-7-9(2-3-10(8)13)11(15(18)21)4-5-12(17)16(19)22/h2-3,6-7,11-12H,4-5,17H2,1H3,(H2,18,21)(H2,19,22). The minimum atomic E-state index is -0.836. The molecule has 1 aromatic heterocycles. The van der Waals surface area contributed by atoms with E-state index in [0.29, 0.717) is 11.1 Å². The normalized spacial score (nSPS) is 13.7. The first-order valence-electron chi connectivity index (χ1n) is 7.18. The quantitative estimate of drug-likeness (QED) is 0.655. The first kappa shape index (κ1) is 16.7. The number of aryl methyl sites for hydroxylation is 1. The van der Waals surface area contributed by atoms with Gasteiger partial charge in [0.25, 0.3) is 0 Å². The van der Waals surface area contributed by atoms with Gasteiger partial charge in [-0.1, -0.05) is 12.1 Å². The lowest BCUT2D eigenvalue weighted by molar-refractivity contribution is -0.121. The highest BCUT2D eigenvalue weighted by Crippen LogP contribution is 2.26. The lowest BCUT2D eigenvalue weighted by Gasteiger charge is -2.16. The summed E-state index contributed by atoms with van der Waals surface area (Å²) in [5, 5.41) is 0.783. The Morgan fingerprint density at radius 2 is 1.83 bits per heavy atom. The minimum absolute atomic E-state index is 0.235. The zero-order valence-corrected chi connectivity index (χ0v) is 12.7. The van der Waals surface area contributed by atoms with Gasteiger partial charge in [-0.25, -0.2) is 4.79 Å². The van der Waals surface area contributed by atoms with Crippen LogP contribution >= 0.6 is 0 Å². The number of hydrogen-bond acceptors (Lipinski definition) is 5. The van der Waals surface area contributed by atoms with E-state index in [1.165, 1.54) is 6.07 Å². The molecule has 0 saturated heterocycles. The molecule has 1 heterocycles. The number of hydrogen-bond donors (Lipinski definition) is 3. The van der Waals surface area contributed by atoms with Gasteiger partial charge >= 0.3 is 5.63 Å². The summed E-state index contributed by atoms with van der Waals surface area (Å²) in [6, 6.07) is 5.71. The van der Waals surface area contributed by atoms with Crippen molar-refractivity contribution in [1.29, 1.82) is 0 Å². The average molecular weight is 317 g/mol. The second kappa shape index (κ2) is 6.62. The number of benzene rings is 1. The van der Waals surface area contributed by atoms with Crippen LogP contribution in [0.4, 0.5) is 0 Å². The van der Waals surface area contributed by atoms with Gasteiger partial charge in [0, 0.05) is 11.5 Å². The molecule has 2 aromatic rings. The Morgan fingerprint density at radius 1 is 1.13 bits per heavy atom. The number of carbonyl (C=O) groups is 2. The highest BCUT2D eigenvalue weighted by molar-refractivity contribution is 5.86. The van der Waals surface area contributed by atoms with Crippen LogP contribution in [0.25, 0.3) is 11.0 Å². The Kier molecular flexibility index (Phi) is 4.80. The summed E-state index contributed by atoms with van der Waals surface area (Å²) in [7, 11) is 0. The van der Waals surface area contributed by atoms with Crippen molar-refractivity contribution < 1.29 is 14.0 Å². The molecule has 0 saturated carbocycles. The second-order valence-corrected chi connectivity index (χ2v) is 5.55. The molecule has 7 heteroatoms. The van der Waals surface area contributed by atoms with Crippen LogP contribution < -0.4 is 22.8 Å². The van der Waals surface area contributed by atoms with E-state index in [2.05, 4.69) is 0 Å². The van der Waals surface area contributed by atoms with E-state index in [0.717, 1.165) is 10.9 Å². The monoisotopic (exact) mass is 317 g/mol. The molecule has 0 aliphatic rings. The summed E-state index contributed by atoms with van der Waals surface area (Å²) in [5.41, 5.74) is 17.5. The lowest BCUT2D eigenvalue weighted by Crippen LogP contribution is -2.37. The molecule has 1 aromatic carbocycles. The molecule has 0 bridgehead atoms. The van der Waals surface area contributed by atoms with Crippen molar-refractivity contribution in [1.82, 2.24) is 0 Å². The van der Waals surface area contributed by atoms with Crippen LogP contribution in [0, 0.1) is 6.92 Å². The van der Waals surface area contributed by atoms with Crippen molar-refractivity contribution in [2.24, 2.45) is 17.2 Å². The highest BCUT2D eigenvalue weighted by Gasteiger charge is 2.21. The molecule has 2 rings (SSSR count). The third kappa shape index (κ3) is 3.75. The first-order valence-corrected chi connectivity index (χ1v) is 7.18. The van der Waals surface area contributed by atoms with Crippen molar-refractivity contribution in [3.05, 3.63) is 45.8 Å². The topological polar surface area (TPSA) is 142 Å². The van der Waals surface area contributed by atoms with E-state index in [9.17, 15) is 14.4 Å². The van der Waals surface area contributed by atoms with Crippen molar-refractivity contribution >= 4 is 22.8 Å². The molecule has 23 heavy (non-hydrogen) atoms. The minimum Gasteiger partial charge on any atom is -0.423 e. The zero-order chi connectivity index (χ0) is 17.1. The number of nitrogens with two attached hydrogens (primary N) is 3. The molecule has 0 radical (unpaired) electrons. The van der Waals surface area contributed by atoms with E-state index in [1.54, 1.807) is 25.1 Å². The fraction of sp³-hybridized carbons (Fsp3) is 0.312. The highest BCUT2D eigenvalue weighted by atomic mass is 16.4. The predicted molar refractivity (Wildman–Crippen MR) is 85.6 cm³/mol. The van der Waals surface area contributed by atoms with Crippen molar-refractivity contribution in [2.45, 2.75) is 31.7 Å². The third-order valence-corrected chi connectivity index (χ3v) is 3.85. The molecule has 0 aliphatic carbocycles. The van der Waals surface area contributed by atoms with Crippen molar-refractivity contribution in [3.8, 4) is 0 Å². The summed E-state index contributed by atoms with van der Waals surface area (Å²) in [6.07, 6.45) is 0.514. The Bertz CT molecular complexity index is 813. The summed E-state index contributed by atoms with van der Waals surface area (Å²) >= 11 is 0. The van der Waals surface area contributed by atoms with Gasteiger partial charge in [0.15, 0.2) is 0 Å². The van der Waals surface area contributed by atoms with Gasteiger partial charge in [-0.15, -0.1) is 0 Å². The van der Waals surface area contributed by atoms with Crippen molar-refractivity contribution in [2.75, 3.05) is 0 Å². The smallest absolute Gasteiger partial charge is 0.336 e. The molecule has 2 unspecified atom stereocenters. The van der Waals surface area contributed by atoms with Gasteiger partial charge in [-0.2, -0.15) is 0 Å². The van der Waals surface area contributed by atoms with Gasteiger partial charge in [-0.05, 0) is 37.0 Å². The van der Waals surface area contributed by atoms with Crippen molar-refractivity contribution in [3.63, 3.8) is 0 Å². The largest absolute Gasteiger partial charge is 0.423 e. The van der Waals surface area contributed by atoms with Crippen LogP contribution in [0.15, 0.2) is 33.5 Å². The molecular formula is C16H19N3O4. The maximum atomic E-state index is 11.7. The predicted octanol–water partition coefficient (Wildman–Crippen LogP) is 0.263. The number of carbonyl (C=O) groups excluding carboxylic acids is 2. The van der Waals surface area contributed by atoms with Crippen LogP contribution in [-0.4, -0.2) is 17.9 Å². The first-order chi connectivity index (χ1) is 10.8. The summed E-state index contributed by atoms with van der Waals surface area (Å²) in [6.45, 7) is 1.80. The van der Waals surface area contributed by atoms with Crippen LogP contribution in [0.3, 0.4) is 0 Å². The molecule has 122 valence electrons. The van der Waals surface area contributed by atoms with Crippen LogP contribution in [0.2, 0.25) is 0 Å². The van der Waals surface area contributed by atoms with Gasteiger partial charge in [0.2, 0.25) is 11.8 Å². The average Bonchev–Trinajstić information content (AvgIpc) is 2.46. The van der Waals surface area contributed by atoms with Gasteiger partial charge < -0.3 is 21.6 Å². The Morgan fingerprint density at radius 3 is 2.43 bits per heavy atom. The van der Waals surface area contributed by atoms with E-state index >= 15 is 0 Å². The SMILES string of the molecule is Cc1cc(=O)oc2cc(C(CCC(N)C(N)=O)C(N)=O)ccc12. The maximum Gasteiger partial charge on any atom is 0.336 e. The van der Waals surface area contributed by atoms with Gasteiger partial charge in [-0.3, -0.25) is 9.59 Å². The lowest BCUT2D eigenvalue weighted by atomic mass is 9.91. The number of amides is 2. The van der Waals surface area contributed by atoms with E-state index in [4.69, 9.17) is 21.6 Å². The maximum absolute atomic E-state index is 11.7. The molecule has 6 N–H and O–H groups in total. The third-order valence-electron chi connectivity index (χ3n) is 3.85. The van der Waals surface area contributed by atoms with Gasteiger partial charge in [0.1, 0.15) is 5.58 Å². The van der Waals surface area contributed by atoms with Gasteiger partial charge in [0.05, 0.1) is 12.0 Å². The fourth-order valence-corrected chi connectivity index (χ4v) is 2.52. The van der Waals surface area contributed by atoms with E-state index in [1.807, 2.05) is 0 Å². The Labute approximate surface area is 132 Å². The second-order valence-electron chi connectivity index (χ2n) is 5.55. The molecule has 0 spiro atoms. The number of fused-ring (bicyclic) bond motifs is 1. The van der Waals surface area contributed by atoms with E-state index < -0.39 is 29.4 Å². The zero-order valence-electron chi connectivity index (χ0n) is 12.7. The molecule has 0 aliphatic heterocycles. The molecule has 7 nitrogen and oxygen atoms in total. The molecule has 2 amide bonds. The molecule has 2 atom stereocenters. The van der Waals surface area contributed by atoms with Crippen LogP contribution in [-0.2, 0) is 9.59 Å². The Balaban J connectivity index is 2.36. The number of rotatable bonds is 6. The van der Waals surface area contributed by atoms with Crippen LogP contribution in [0.1, 0.15) is 29.9 Å². The Hall–Kier alpha value is -2.67. The summed E-state index contributed by atoms with van der Waals surface area (Å²) in [5.74, 6) is -1.82. The van der Waals surface area contributed by atoms with Crippen LogP contribution in [0.5, 0.6) is 0 Å². The number of primary amides is 2. The molecular weight excluding hydrogens is 298 g/mol. The molecule has 0 fully saturated rings. The summed E-state index contributed by atoms with van der Waals surface area (Å²) in [4.78, 5) is 34.2. The van der Waals surface area contributed by atoms with E-state index in [-0.39, 0.29) is 12.8 Å².